The molecule has 0 aromatic heterocycles. The third-order valence-corrected chi connectivity index (χ3v) is 4.39. The maximum Gasteiger partial charge on any atom is 0.269 e. The first-order chi connectivity index (χ1) is 10.6. The highest BCUT2D eigenvalue weighted by Crippen LogP contribution is 2.20. The van der Waals surface area contributed by atoms with Gasteiger partial charge in [0.1, 0.15) is 0 Å². The van der Waals surface area contributed by atoms with Gasteiger partial charge in [0.05, 0.1) is 10.7 Å². The maximum absolute atomic E-state index is 11.8. The molecule has 2 rings (SSSR count). The first kappa shape index (κ1) is 16.7. The van der Waals surface area contributed by atoms with Crippen LogP contribution in [0.1, 0.15) is 0 Å². The number of hydrogen-bond donors (Lipinski definition) is 2. The lowest BCUT2D eigenvalue weighted by Crippen LogP contribution is -2.46. The first-order valence-electron chi connectivity index (χ1n) is 7.22. The van der Waals surface area contributed by atoms with Crippen molar-refractivity contribution in [2.75, 3.05) is 45.0 Å². The van der Waals surface area contributed by atoms with E-state index in [2.05, 4.69) is 15.5 Å². The Balaban J connectivity index is 1.63. The van der Waals surface area contributed by atoms with Gasteiger partial charge in [0.25, 0.3) is 5.69 Å². The van der Waals surface area contributed by atoms with Crippen LogP contribution in [0, 0.1) is 10.1 Å². The Hall–Kier alpha value is -1.64. The van der Waals surface area contributed by atoms with Crippen LogP contribution in [-0.4, -0.2) is 60.8 Å². The molecule has 8 heteroatoms. The standard InChI is InChI=1S/C14H20N4O3S/c19-14(16-7-10-17-8-5-15-6-9-17)11-22-13-3-1-12(2-4-13)18(20)21/h1-4,15H,5-11H2,(H,16,19). The van der Waals surface area contributed by atoms with Crippen molar-refractivity contribution in [1.82, 2.24) is 15.5 Å². The number of nitrogens with one attached hydrogen (secondary N) is 2. The van der Waals surface area contributed by atoms with Crippen molar-refractivity contribution in [3.8, 4) is 0 Å². The van der Waals surface area contributed by atoms with Crippen LogP contribution < -0.4 is 10.6 Å². The molecule has 1 saturated heterocycles. The van der Waals surface area contributed by atoms with E-state index in [0.29, 0.717) is 12.3 Å². The van der Waals surface area contributed by atoms with Crippen molar-refractivity contribution in [1.29, 1.82) is 0 Å². The number of non-ortho nitro benzene ring substituents is 1. The number of rotatable bonds is 7. The molecule has 120 valence electrons. The number of carbonyl (C=O) groups excluding carboxylic acids is 1. The monoisotopic (exact) mass is 324 g/mol. The van der Waals surface area contributed by atoms with Gasteiger partial charge in [-0.15, -0.1) is 11.8 Å². The molecule has 1 fully saturated rings. The van der Waals surface area contributed by atoms with Crippen LogP contribution in [0.5, 0.6) is 0 Å². The number of nitro benzene ring substituents is 1. The quantitative estimate of drug-likeness (QED) is 0.436. The molecule has 1 aliphatic rings. The Morgan fingerprint density at radius 3 is 2.64 bits per heavy atom. The summed E-state index contributed by atoms with van der Waals surface area (Å²) in [6.45, 7) is 5.57. The zero-order chi connectivity index (χ0) is 15.8. The van der Waals surface area contributed by atoms with Gasteiger partial charge in [-0.05, 0) is 12.1 Å². The van der Waals surface area contributed by atoms with Crippen LogP contribution in [-0.2, 0) is 4.79 Å². The molecule has 0 bridgehead atoms. The van der Waals surface area contributed by atoms with Crippen molar-refractivity contribution in [2.45, 2.75) is 4.90 Å². The molecular formula is C14H20N4O3S. The van der Waals surface area contributed by atoms with E-state index >= 15 is 0 Å². The van der Waals surface area contributed by atoms with Gasteiger partial charge in [-0.25, -0.2) is 0 Å². The number of nitro groups is 1. The Labute approximate surface area is 133 Å². The van der Waals surface area contributed by atoms with E-state index in [1.165, 1.54) is 23.9 Å². The molecule has 0 saturated carbocycles. The molecule has 1 aliphatic heterocycles. The minimum absolute atomic E-state index is 0.0153. The van der Waals surface area contributed by atoms with Gasteiger partial charge in [0.2, 0.25) is 5.91 Å². The van der Waals surface area contributed by atoms with Crippen LogP contribution in [0.3, 0.4) is 0 Å². The van der Waals surface area contributed by atoms with Crippen LogP contribution in [0.4, 0.5) is 5.69 Å². The van der Waals surface area contributed by atoms with E-state index in [-0.39, 0.29) is 11.6 Å². The summed E-state index contributed by atoms with van der Waals surface area (Å²) in [5, 5.41) is 16.7. The third-order valence-electron chi connectivity index (χ3n) is 3.38. The van der Waals surface area contributed by atoms with Crippen LogP contribution in [0.2, 0.25) is 0 Å². The Kier molecular flexibility index (Phi) is 6.63. The van der Waals surface area contributed by atoms with Crippen molar-refractivity contribution in [2.24, 2.45) is 0 Å². The van der Waals surface area contributed by atoms with Gasteiger partial charge in [-0.2, -0.15) is 0 Å². The average Bonchev–Trinajstić information content (AvgIpc) is 2.54. The summed E-state index contributed by atoms with van der Waals surface area (Å²) < 4.78 is 0. The molecule has 0 radical (unpaired) electrons. The molecule has 1 aromatic carbocycles. The smallest absolute Gasteiger partial charge is 0.269 e. The van der Waals surface area contributed by atoms with E-state index in [1.54, 1.807) is 12.1 Å². The predicted octanol–water partition coefficient (Wildman–Crippen LogP) is 0.708. The van der Waals surface area contributed by atoms with Gasteiger partial charge in [0.15, 0.2) is 0 Å². The molecule has 0 atom stereocenters. The molecule has 0 spiro atoms. The zero-order valence-electron chi connectivity index (χ0n) is 12.3. The fourth-order valence-corrected chi connectivity index (χ4v) is 2.88. The van der Waals surface area contributed by atoms with Crippen LogP contribution >= 0.6 is 11.8 Å². The highest BCUT2D eigenvalue weighted by molar-refractivity contribution is 8.00. The molecule has 22 heavy (non-hydrogen) atoms. The summed E-state index contributed by atoms with van der Waals surface area (Å²) in [4.78, 5) is 25.1. The summed E-state index contributed by atoms with van der Waals surface area (Å²) in [6, 6.07) is 6.23. The van der Waals surface area contributed by atoms with E-state index in [0.717, 1.165) is 37.6 Å². The lowest BCUT2D eigenvalue weighted by molar-refractivity contribution is -0.384. The topological polar surface area (TPSA) is 87.5 Å². The fourth-order valence-electron chi connectivity index (χ4n) is 2.15. The maximum atomic E-state index is 11.8. The van der Waals surface area contributed by atoms with Gasteiger partial charge in [-0.1, -0.05) is 0 Å². The fraction of sp³-hybridized carbons (Fsp3) is 0.500. The molecule has 1 heterocycles. The molecule has 1 amide bonds. The van der Waals surface area contributed by atoms with Gasteiger partial charge >= 0.3 is 0 Å². The van der Waals surface area contributed by atoms with Crippen LogP contribution in [0.25, 0.3) is 0 Å². The van der Waals surface area contributed by atoms with Gasteiger partial charge < -0.3 is 10.6 Å². The molecule has 7 nitrogen and oxygen atoms in total. The van der Waals surface area contributed by atoms with Crippen molar-refractivity contribution in [3.63, 3.8) is 0 Å². The molecule has 2 N–H and O–H groups in total. The second-order valence-corrected chi connectivity index (χ2v) is 6.03. The Morgan fingerprint density at radius 1 is 1.32 bits per heavy atom. The normalized spacial score (nSPS) is 15.5. The van der Waals surface area contributed by atoms with Gasteiger partial charge in [0, 0.05) is 56.3 Å². The van der Waals surface area contributed by atoms with E-state index in [9.17, 15) is 14.9 Å². The second-order valence-electron chi connectivity index (χ2n) is 4.98. The number of nitrogens with zero attached hydrogens (tertiary/aromatic N) is 2. The van der Waals surface area contributed by atoms with Gasteiger partial charge in [-0.3, -0.25) is 19.8 Å². The minimum atomic E-state index is -0.433. The van der Waals surface area contributed by atoms with E-state index in [4.69, 9.17) is 0 Å². The largest absolute Gasteiger partial charge is 0.354 e. The van der Waals surface area contributed by atoms with Crippen LogP contribution in [0.15, 0.2) is 29.2 Å². The number of amides is 1. The molecule has 1 aromatic rings. The van der Waals surface area contributed by atoms with E-state index < -0.39 is 4.92 Å². The highest BCUT2D eigenvalue weighted by atomic mass is 32.2. The Bertz CT molecular complexity index is 503. The van der Waals surface area contributed by atoms with Crippen molar-refractivity contribution in [3.05, 3.63) is 34.4 Å². The number of piperazine rings is 1. The predicted molar refractivity (Wildman–Crippen MR) is 86.1 cm³/mol. The van der Waals surface area contributed by atoms with Crippen molar-refractivity contribution < 1.29 is 9.72 Å². The summed E-state index contributed by atoms with van der Waals surface area (Å²) >= 11 is 1.38. The lowest BCUT2D eigenvalue weighted by atomic mass is 10.3. The Morgan fingerprint density at radius 2 is 2.00 bits per heavy atom. The number of benzene rings is 1. The average molecular weight is 324 g/mol. The molecule has 0 aliphatic carbocycles. The summed E-state index contributed by atoms with van der Waals surface area (Å²) in [7, 11) is 0. The zero-order valence-corrected chi connectivity index (χ0v) is 13.1. The minimum Gasteiger partial charge on any atom is -0.354 e. The highest BCUT2D eigenvalue weighted by Gasteiger charge is 2.10. The third kappa shape index (κ3) is 5.63. The summed E-state index contributed by atoms with van der Waals surface area (Å²) in [6.07, 6.45) is 0. The SMILES string of the molecule is O=C(CSc1ccc([N+](=O)[O-])cc1)NCCN1CCNCC1. The first-order valence-corrected chi connectivity index (χ1v) is 8.21. The second kappa shape index (κ2) is 8.72. The number of hydrogen-bond acceptors (Lipinski definition) is 6. The number of carbonyl (C=O) groups is 1. The number of thioether (sulfide) groups is 1. The summed E-state index contributed by atoms with van der Waals surface area (Å²) in [5.74, 6) is 0.304. The van der Waals surface area contributed by atoms with E-state index in [1.807, 2.05) is 0 Å². The van der Waals surface area contributed by atoms with Crippen molar-refractivity contribution >= 4 is 23.4 Å². The molecular weight excluding hydrogens is 304 g/mol. The molecule has 0 unspecified atom stereocenters. The lowest BCUT2D eigenvalue weighted by Gasteiger charge is -2.27. The summed E-state index contributed by atoms with van der Waals surface area (Å²) in [5.41, 5.74) is 0.0600.